The van der Waals surface area contributed by atoms with Gasteiger partial charge in [0.1, 0.15) is 0 Å². The summed E-state index contributed by atoms with van der Waals surface area (Å²) in [6.45, 7) is 0. The topological polar surface area (TPSA) is 42.0 Å². The number of carbonyl (C=O) groups is 1. The van der Waals surface area contributed by atoms with Gasteiger partial charge in [-0.25, -0.2) is 0 Å². The van der Waals surface area contributed by atoms with Crippen LogP contribution in [-0.4, -0.2) is 16.6 Å². The van der Waals surface area contributed by atoms with E-state index in [0.29, 0.717) is 5.75 Å². The number of hydrogen-bond acceptors (Lipinski definition) is 3. The average Bonchev–Trinajstić information content (AvgIpc) is 2.85. The molecule has 0 aliphatic rings. The maximum atomic E-state index is 13.0. The minimum Gasteiger partial charge on any atom is -0.343 e. The van der Waals surface area contributed by atoms with E-state index in [1.54, 1.807) is 18.0 Å². The Morgan fingerprint density at radius 3 is 1.74 bits per heavy atom. The lowest BCUT2D eigenvalue weighted by atomic mass is 10.0. The van der Waals surface area contributed by atoms with Crippen molar-refractivity contribution in [1.82, 2.24) is 10.3 Å². The van der Waals surface area contributed by atoms with E-state index < -0.39 is 0 Å². The first-order chi connectivity index (χ1) is 15.3. The molecule has 1 unspecified atom stereocenters. The number of hydrogen-bond donors (Lipinski definition) is 1. The van der Waals surface area contributed by atoms with E-state index in [9.17, 15) is 4.79 Å². The smallest absolute Gasteiger partial charge is 0.230 e. The van der Waals surface area contributed by atoms with Gasteiger partial charge in [0, 0.05) is 6.20 Å². The highest BCUT2D eigenvalue weighted by Gasteiger charge is 2.20. The summed E-state index contributed by atoms with van der Waals surface area (Å²) in [5, 5.41) is 3.28. The molecule has 1 heterocycles. The summed E-state index contributed by atoms with van der Waals surface area (Å²) < 4.78 is 0. The monoisotopic (exact) mass is 424 g/mol. The second-order valence-electron chi connectivity index (χ2n) is 7.18. The van der Waals surface area contributed by atoms with Crippen LogP contribution in [0.1, 0.15) is 33.7 Å². The Kier molecular flexibility index (Phi) is 7.14. The summed E-state index contributed by atoms with van der Waals surface area (Å²) >= 11 is 1.64. The minimum absolute atomic E-state index is 0.0126. The van der Waals surface area contributed by atoms with Crippen LogP contribution in [0.15, 0.2) is 115 Å². The third-order valence-electron chi connectivity index (χ3n) is 5.01. The van der Waals surface area contributed by atoms with Crippen molar-refractivity contribution in [3.05, 3.63) is 138 Å². The van der Waals surface area contributed by atoms with Gasteiger partial charge in [0.15, 0.2) is 0 Å². The molecule has 3 nitrogen and oxygen atoms in total. The van der Waals surface area contributed by atoms with Gasteiger partial charge in [-0.2, -0.15) is 0 Å². The van der Waals surface area contributed by atoms with Crippen LogP contribution in [0.5, 0.6) is 0 Å². The summed E-state index contributed by atoms with van der Waals surface area (Å²) in [5.41, 5.74) is 4.23. The minimum atomic E-state index is -0.276. The van der Waals surface area contributed by atoms with Crippen LogP contribution >= 0.6 is 11.8 Å². The molecule has 1 amide bonds. The third-order valence-corrected chi connectivity index (χ3v) is 6.31. The number of aromatic nitrogens is 1. The molecule has 1 aromatic heterocycles. The Morgan fingerprint density at radius 1 is 0.710 bits per heavy atom. The van der Waals surface area contributed by atoms with E-state index in [-0.39, 0.29) is 17.2 Å². The first kappa shape index (κ1) is 20.9. The molecule has 0 spiro atoms. The molecule has 1 atom stereocenters. The van der Waals surface area contributed by atoms with Crippen molar-refractivity contribution in [2.24, 2.45) is 0 Å². The quantitative estimate of drug-likeness (QED) is 0.388. The highest BCUT2D eigenvalue weighted by Crippen LogP contribution is 2.35. The molecule has 154 valence electrons. The van der Waals surface area contributed by atoms with Crippen LogP contribution in [0.4, 0.5) is 0 Å². The molecule has 0 aliphatic carbocycles. The zero-order valence-corrected chi connectivity index (χ0v) is 17.9. The fourth-order valence-corrected chi connectivity index (χ4v) is 4.62. The fraction of sp³-hybridized carbons (Fsp3) is 0.111. The molecule has 31 heavy (non-hydrogen) atoms. The summed E-state index contributed by atoms with van der Waals surface area (Å²) in [6.07, 6.45) is 1.76. The van der Waals surface area contributed by atoms with E-state index in [1.807, 2.05) is 84.9 Å². The Labute approximate surface area is 187 Å². The molecule has 0 saturated heterocycles. The van der Waals surface area contributed by atoms with Gasteiger partial charge in [0.05, 0.1) is 22.7 Å². The lowest BCUT2D eigenvalue weighted by molar-refractivity contribution is -0.119. The third kappa shape index (κ3) is 5.62. The largest absolute Gasteiger partial charge is 0.343 e. The van der Waals surface area contributed by atoms with E-state index in [4.69, 9.17) is 0 Å². The molecule has 4 rings (SSSR count). The summed E-state index contributed by atoms with van der Waals surface area (Å²) in [7, 11) is 0. The number of rotatable bonds is 8. The molecule has 0 bridgehead atoms. The number of benzene rings is 3. The average molecular weight is 425 g/mol. The molecule has 0 fully saturated rings. The Balaban J connectivity index is 1.50. The molecular formula is C27H24N2OS. The van der Waals surface area contributed by atoms with E-state index in [2.05, 4.69) is 34.6 Å². The van der Waals surface area contributed by atoms with Crippen LogP contribution < -0.4 is 5.32 Å². The van der Waals surface area contributed by atoms with Crippen molar-refractivity contribution in [2.45, 2.75) is 11.3 Å². The Bertz CT molecular complexity index is 994. The highest BCUT2D eigenvalue weighted by atomic mass is 32.2. The molecule has 4 aromatic rings. The number of pyridine rings is 1. The fourth-order valence-electron chi connectivity index (χ4n) is 3.52. The maximum absolute atomic E-state index is 13.0. The number of amides is 1. The second-order valence-corrected chi connectivity index (χ2v) is 8.27. The first-order valence-electron chi connectivity index (χ1n) is 10.3. The SMILES string of the molecule is O=C(CSC(c1ccccc1)c1ccccc1)NC(c1ccccc1)c1ccccn1. The highest BCUT2D eigenvalue weighted by molar-refractivity contribution is 8.00. The first-order valence-corrected chi connectivity index (χ1v) is 11.3. The summed E-state index contributed by atoms with van der Waals surface area (Å²) in [5.74, 6) is 0.339. The normalized spacial score (nSPS) is 11.8. The number of thioether (sulfide) groups is 1. The summed E-state index contributed by atoms with van der Waals surface area (Å²) in [4.78, 5) is 17.5. The van der Waals surface area contributed by atoms with Gasteiger partial charge < -0.3 is 5.32 Å². The number of nitrogens with zero attached hydrogens (tertiary/aromatic N) is 1. The van der Waals surface area contributed by atoms with Gasteiger partial charge in [0.2, 0.25) is 5.91 Å². The van der Waals surface area contributed by atoms with Gasteiger partial charge in [-0.3, -0.25) is 9.78 Å². The van der Waals surface area contributed by atoms with E-state index >= 15 is 0 Å². The van der Waals surface area contributed by atoms with E-state index in [0.717, 1.165) is 11.3 Å². The lowest BCUT2D eigenvalue weighted by Crippen LogP contribution is -2.31. The van der Waals surface area contributed by atoms with Crippen LogP contribution in [0.2, 0.25) is 0 Å². The Morgan fingerprint density at radius 2 is 1.23 bits per heavy atom. The van der Waals surface area contributed by atoms with Crippen molar-refractivity contribution < 1.29 is 4.79 Å². The molecule has 0 saturated carbocycles. The molecule has 3 aromatic carbocycles. The molecule has 0 radical (unpaired) electrons. The van der Waals surface area contributed by atoms with Crippen LogP contribution in [0.25, 0.3) is 0 Å². The summed E-state index contributed by atoms with van der Waals surface area (Å²) in [6, 6.07) is 36.1. The lowest BCUT2D eigenvalue weighted by Gasteiger charge is -2.21. The van der Waals surface area contributed by atoms with Crippen LogP contribution in [0.3, 0.4) is 0 Å². The zero-order chi connectivity index (χ0) is 21.3. The predicted molar refractivity (Wildman–Crippen MR) is 128 cm³/mol. The van der Waals surface area contributed by atoms with Crippen LogP contribution in [-0.2, 0) is 4.79 Å². The molecule has 0 aliphatic heterocycles. The zero-order valence-electron chi connectivity index (χ0n) is 17.1. The molecule has 4 heteroatoms. The van der Waals surface area contributed by atoms with Crippen molar-refractivity contribution in [3.8, 4) is 0 Å². The number of carbonyl (C=O) groups excluding carboxylic acids is 1. The molecule has 1 N–H and O–H groups in total. The Hall–Kier alpha value is -3.37. The van der Waals surface area contributed by atoms with Gasteiger partial charge in [-0.1, -0.05) is 97.1 Å². The predicted octanol–water partition coefficient (Wildman–Crippen LogP) is 5.81. The van der Waals surface area contributed by atoms with Crippen molar-refractivity contribution in [1.29, 1.82) is 0 Å². The van der Waals surface area contributed by atoms with Crippen molar-refractivity contribution in [3.63, 3.8) is 0 Å². The van der Waals surface area contributed by atoms with E-state index in [1.165, 1.54) is 11.1 Å². The van der Waals surface area contributed by atoms with Gasteiger partial charge >= 0.3 is 0 Å². The maximum Gasteiger partial charge on any atom is 0.230 e. The molecular weight excluding hydrogens is 400 g/mol. The van der Waals surface area contributed by atoms with Crippen molar-refractivity contribution in [2.75, 3.05) is 5.75 Å². The standard InChI is InChI=1S/C27H24N2OS/c30-25(29-26(21-12-4-1-5-13-21)24-18-10-11-19-28-24)20-31-27(22-14-6-2-7-15-22)23-16-8-3-9-17-23/h1-19,26-27H,20H2,(H,29,30). The van der Waals surface area contributed by atoms with Crippen molar-refractivity contribution >= 4 is 17.7 Å². The second kappa shape index (κ2) is 10.6. The van der Waals surface area contributed by atoms with Gasteiger partial charge in [-0.15, -0.1) is 11.8 Å². The van der Waals surface area contributed by atoms with Gasteiger partial charge in [0.25, 0.3) is 0 Å². The van der Waals surface area contributed by atoms with Gasteiger partial charge in [-0.05, 0) is 28.8 Å². The van der Waals surface area contributed by atoms with Crippen LogP contribution in [0, 0.1) is 0 Å². The number of nitrogens with one attached hydrogen (secondary N) is 1.